The minimum atomic E-state index is -4.50. The van der Waals surface area contributed by atoms with Gasteiger partial charge in [0, 0.05) is 38.2 Å². The molecule has 0 spiro atoms. The van der Waals surface area contributed by atoms with E-state index >= 15 is 0 Å². The first-order chi connectivity index (χ1) is 13.9. The summed E-state index contributed by atoms with van der Waals surface area (Å²) < 4.78 is 40.6. The van der Waals surface area contributed by atoms with Crippen LogP contribution in [0.25, 0.3) is 0 Å². The van der Waals surface area contributed by atoms with Crippen molar-refractivity contribution in [2.45, 2.75) is 24.9 Å². The Morgan fingerprint density at radius 3 is 2.00 bits per heavy atom. The highest BCUT2D eigenvalue weighted by molar-refractivity contribution is 5.94. The largest absolute Gasteiger partial charge is 0.396 e. The summed E-state index contributed by atoms with van der Waals surface area (Å²) in [4.78, 5) is 28.3. The van der Waals surface area contributed by atoms with Gasteiger partial charge in [-0.05, 0) is 24.1 Å². The maximum Gasteiger partial charge on any atom is 0.396 e. The summed E-state index contributed by atoms with van der Waals surface area (Å²) in [5.74, 6) is -2.50. The van der Waals surface area contributed by atoms with Crippen LogP contribution in [0.15, 0.2) is 60.7 Å². The Hall–Kier alpha value is -2.83. The number of nitrogens with zero attached hydrogens (tertiary/aromatic N) is 2. The molecule has 2 aromatic rings. The Kier molecular flexibility index (Phi) is 6.56. The van der Waals surface area contributed by atoms with Crippen LogP contribution in [0.2, 0.25) is 0 Å². The molecule has 1 aliphatic rings. The van der Waals surface area contributed by atoms with Gasteiger partial charge >= 0.3 is 6.18 Å². The van der Waals surface area contributed by atoms with Gasteiger partial charge in [0.2, 0.25) is 5.91 Å². The lowest BCUT2D eigenvalue weighted by atomic mass is 9.94. The standard InChI is InChI=1S/C22H23F3N2O2/c23-22(24,25)19(17-8-3-1-4-9-17)16-20(28)26-12-7-13-27(15-14-26)21(29)18-10-5-2-6-11-18/h1-6,8-11,19H,7,12-16H2. The second kappa shape index (κ2) is 9.11. The highest BCUT2D eigenvalue weighted by atomic mass is 19.4. The van der Waals surface area contributed by atoms with E-state index in [9.17, 15) is 22.8 Å². The monoisotopic (exact) mass is 404 g/mol. The molecule has 0 N–H and O–H groups in total. The minimum Gasteiger partial charge on any atom is -0.341 e. The lowest BCUT2D eigenvalue weighted by Crippen LogP contribution is -2.38. The van der Waals surface area contributed by atoms with Gasteiger partial charge in [-0.1, -0.05) is 48.5 Å². The average molecular weight is 404 g/mol. The number of halogens is 3. The zero-order chi connectivity index (χ0) is 20.9. The quantitative estimate of drug-likeness (QED) is 0.770. The molecule has 1 heterocycles. The normalized spacial score (nSPS) is 16.2. The summed E-state index contributed by atoms with van der Waals surface area (Å²) in [7, 11) is 0. The van der Waals surface area contributed by atoms with Crippen LogP contribution in [0.1, 0.15) is 34.7 Å². The van der Waals surface area contributed by atoms with Crippen molar-refractivity contribution < 1.29 is 22.8 Å². The van der Waals surface area contributed by atoms with Crippen LogP contribution in [0.5, 0.6) is 0 Å². The van der Waals surface area contributed by atoms with E-state index in [1.54, 1.807) is 35.2 Å². The van der Waals surface area contributed by atoms with Gasteiger partial charge in [0.05, 0.1) is 5.92 Å². The van der Waals surface area contributed by atoms with E-state index in [0.29, 0.717) is 31.6 Å². The second-order valence-corrected chi connectivity index (χ2v) is 7.10. The molecule has 0 aliphatic carbocycles. The fourth-order valence-electron chi connectivity index (χ4n) is 3.54. The Bertz CT molecular complexity index is 825. The molecule has 1 atom stereocenters. The van der Waals surface area contributed by atoms with Gasteiger partial charge in [-0.15, -0.1) is 0 Å². The first kappa shape index (κ1) is 20.9. The number of alkyl halides is 3. The van der Waals surface area contributed by atoms with Crippen LogP contribution in [0.4, 0.5) is 13.2 Å². The summed E-state index contributed by atoms with van der Waals surface area (Å²) in [6, 6.07) is 16.4. The molecule has 1 aliphatic heterocycles. The third-order valence-electron chi connectivity index (χ3n) is 5.13. The van der Waals surface area contributed by atoms with Gasteiger partial charge in [0.15, 0.2) is 0 Å². The number of amides is 2. The third kappa shape index (κ3) is 5.37. The van der Waals surface area contributed by atoms with Gasteiger partial charge in [0.1, 0.15) is 0 Å². The summed E-state index contributed by atoms with van der Waals surface area (Å²) in [6.45, 7) is 1.36. The Morgan fingerprint density at radius 1 is 0.828 bits per heavy atom. The van der Waals surface area contributed by atoms with E-state index in [1.165, 1.54) is 29.2 Å². The molecule has 0 radical (unpaired) electrons. The van der Waals surface area contributed by atoms with Crippen molar-refractivity contribution in [1.82, 2.24) is 9.80 Å². The average Bonchev–Trinajstić information content (AvgIpc) is 2.98. The SMILES string of the molecule is O=C(CC(c1ccccc1)C(F)(F)F)N1CCCN(C(=O)c2ccccc2)CC1. The topological polar surface area (TPSA) is 40.6 Å². The van der Waals surface area contributed by atoms with E-state index in [2.05, 4.69) is 0 Å². The molecule has 7 heteroatoms. The highest BCUT2D eigenvalue weighted by Crippen LogP contribution is 2.37. The van der Waals surface area contributed by atoms with Crippen molar-refractivity contribution in [3.63, 3.8) is 0 Å². The number of carbonyl (C=O) groups excluding carboxylic acids is 2. The Balaban J connectivity index is 1.65. The van der Waals surface area contributed by atoms with Gasteiger partial charge in [-0.25, -0.2) is 0 Å². The molecule has 0 bridgehead atoms. The van der Waals surface area contributed by atoms with Crippen molar-refractivity contribution in [3.8, 4) is 0 Å². The molecule has 3 rings (SSSR count). The summed E-state index contributed by atoms with van der Waals surface area (Å²) in [5, 5.41) is 0. The van der Waals surface area contributed by atoms with Crippen LogP contribution in [-0.4, -0.2) is 54.0 Å². The Labute approximate surface area is 167 Å². The smallest absolute Gasteiger partial charge is 0.341 e. The van der Waals surface area contributed by atoms with E-state index in [-0.39, 0.29) is 18.0 Å². The van der Waals surface area contributed by atoms with Crippen molar-refractivity contribution in [3.05, 3.63) is 71.8 Å². The lowest BCUT2D eigenvalue weighted by molar-refractivity contribution is -0.160. The van der Waals surface area contributed by atoms with Crippen LogP contribution in [0.3, 0.4) is 0 Å². The lowest BCUT2D eigenvalue weighted by Gasteiger charge is -2.26. The minimum absolute atomic E-state index is 0.0871. The predicted molar refractivity (Wildman–Crippen MR) is 103 cm³/mol. The molecular weight excluding hydrogens is 381 g/mol. The zero-order valence-electron chi connectivity index (χ0n) is 15.9. The fourth-order valence-corrected chi connectivity index (χ4v) is 3.54. The third-order valence-corrected chi connectivity index (χ3v) is 5.13. The van der Waals surface area contributed by atoms with Crippen molar-refractivity contribution in [2.24, 2.45) is 0 Å². The van der Waals surface area contributed by atoms with Crippen LogP contribution in [-0.2, 0) is 4.79 Å². The summed E-state index contributed by atoms with van der Waals surface area (Å²) >= 11 is 0. The van der Waals surface area contributed by atoms with Crippen molar-refractivity contribution in [2.75, 3.05) is 26.2 Å². The summed E-state index contributed by atoms with van der Waals surface area (Å²) in [5.41, 5.74) is 0.651. The van der Waals surface area contributed by atoms with Crippen LogP contribution in [0, 0.1) is 0 Å². The second-order valence-electron chi connectivity index (χ2n) is 7.10. The fraction of sp³-hybridized carbons (Fsp3) is 0.364. The number of benzene rings is 2. The van der Waals surface area contributed by atoms with Crippen LogP contribution >= 0.6 is 0 Å². The molecule has 1 unspecified atom stereocenters. The molecule has 2 aromatic carbocycles. The summed E-state index contributed by atoms with van der Waals surface area (Å²) in [6.07, 6.45) is -4.59. The van der Waals surface area contributed by atoms with E-state index in [4.69, 9.17) is 0 Å². The first-order valence-electron chi connectivity index (χ1n) is 9.60. The predicted octanol–water partition coefficient (Wildman–Crippen LogP) is 4.10. The number of hydrogen-bond donors (Lipinski definition) is 0. The van der Waals surface area contributed by atoms with Gasteiger partial charge < -0.3 is 9.80 Å². The Morgan fingerprint density at radius 2 is 1.38 bits per heavy atom. The number of hydrogen-bond acceptors (Lipinski definition) is 2. The molecule has 29 heavy (non-hydrogen) atoms. The maximum absolute atomic E-state index is 13.5. The van der Waals surface area contributed by atoms with E-state index < -0.39 is 24.4 Å². The zero-order valence-corrected chi connectivity index (χ0v) is 15.9. The first-order valence-corrected chi connectivity index (χ1v) is 9.60. The molecule has 2 amide bonds. The molecule has 154 valence electrons. The van der Waals surface area contributed by atoms with E-state index in [0.717, 1.165) is 0 Å². The maximum atomic E-state index is 13.5. The van der Waals surface area contributed by atoms with Gasteiger partial charge in [-0.3, -0.25) is 9.59 Å². The molecule has 4 nitrogen and oxygen atoms in total. The molecule has 1 saturated heterocycles. The van der Waals surface area contributed by atoms with E-state index in [1.807, 2.05) is 6.07 Å². The van der Waals surface area contributed by atoms with Gasteiger partial charge in [-0.2, -0.15) is 13.2 Å². The van der Waals surface area contributed by atoms with Gasteiger partial charge in [0.25, 0.3) is 5.91 Å². The van der Waals surface area contributed by atoms with Crippen molar-refractivity contribution in [1.29, 1.82) is 0 Å². The highest BCUT2D eigenvalue weighted by Gasteiger charge is 2.42. The van der Waals surface area contributed by atoms with Crippen molar-refractivity contribution >= 4 is 11.8 Å². The molecule has 0 saturated carbocycles. The molecular formula is C22H23F3N2O2. The number of rotatable bonds is 4. The van der Waals surface area contributed by atoms with Crippen LogP contribution < -0.4 is 0 Å². The molecule has 1 fully saturated rings. The molecule has 0 aromatic heterocycles. The number of carbonyl (C=O) groups is 2.